The molecule has 0 unspecified atom stereocenters. The van der Waals surface area contributed by atoms with Crippen LogP contribution in [0.1, 0.15) is 27.2 Å². The summed E-state index contributed by atoms with van der Waals surface area (Å²) in [5.74, 6) is -0.425. The molecular formula is C22H18Cl2N6O2. The Morgan fingerprint density at radius 3 is 2.62 bits per heavy atom. The molecule has 1 aliphatic rings. The van der Waals surface area contributed by atoms with Crippen molar-refractivity contribution < 1.29 is 9.59 Å². The molecule has 8 nitrogen and oxygen atoms in total. The van der Waals surface area contributed by atoms with Gasteiger partial charge in [-0.25, -0.2) is 4.79 Å². The summed E-state index contributed by atoms with van der Waals surface area (Å²) in [5, 5.41) is 17.3. The van der Waals surface area contributed by atoms with Gasteiger partial charge in [-0.15, -0.1) is 0 Å². The van der Waals surface area contributed by atoms with Crippen molar-refractivity contribution in [3.63, 3.8) is 0 Å². The van der Waals surface area contributed by atoms with Crippen LogP contribution in [0.2, 0.25) is 10.0 Å². The number of carbonyl (C=O) groups is 2. The molecule has 0 saturated carbocycles. The first-order valence-electron chi connectivity index (χ1n) is 9.69. The number of rotatable bonds is 3. The number of nitrogens with zero attached hydrogens (tertiary/aromatic N) is 4. The number of nitrogens with one attached hydrogen (secondary N) is 1. The van der Waals surface area contributed by atoms with Crippen molar-refractivity contribution in [1.29, 1.82) is 5.26 Å². The average molecular weight is 469 g/mol. The van der Waals surface area contributed by atoms with E-state index in [-0.39, 0.29) is 11.6 Å². The number of hydrogen-bond donors (Lipinski definition) is 2. The molecule has 10 heteroatoms. The Morgan fingerprint density at radius 2 is 1.97 bits per heavy atom. The lowest BCUT2D eigenvalue weighted by Crippen LogP contribution is -2.42. The van der Waals surface area contributed by atoms with Gasteiger partial charge < -0.3 is 16.0 Å². The van der Waals surface area contributed by atoms with Crippen molar-refractivity contribution in [1.82, 2.24) is 14.7 Å². The third-order valence-corrected chi connectivity index (χ3v) is 5.71. The number of amides is 3. The predicted molar refractivity (Wildman–Crippen MR) is 122 cm³/mol. The molecule has 1 aromatic heterocycles. The SMILES string of the molecule is Cc1cc(Cl)cc(-c2nn3c(c2C(=O)Nc2ccc(C#N)c(Cl)c2)CN(C(N)=O)CC3)c1. The maximum absolute atomic E-state index is 13.4. The second-order valence-corrected chi connectivity index (χ2v) is 8.27. The Balaban J connectivity index is 1.80. The number of halogens is 2. The molecular weight excluding hydrogens is 451 g/mol. The van der Waals surface area contributed by atoms with E-state index >= 15 is 0 Å². The second-order valence-electron chi connectivity index (χ2n) is 7.43. The van der Waals surface area contributed by atoms with Crippen molar-refractivity contribution >= 4 is 40.8 Å². The van der Waals surface area contributed by atoms with E-state index in [9.17, 15) is 9.59 Å². The van der Waals surface area contributed by atoms with E-state index in [0.29, 0.717) is 51.9 Å². The molecule has 2 heterocycles. The van der Waals surface area contributed by atoms with E-state index in [1.54, 1.807) is 16.8 Å². The summed E-state index contributed by atoms with van der Waals surface area (Å²) in [7, 11) is 0. The molecule has 32 heavy (non-hydrogen) atoms. The van der Waals surface area contributed by atoms with Gasteiger partial charge in [0.15, 0.2) is 0 Å². The Labute approximate surface area is 194 Å². The molecule has 4 rings (SSSR count). The molecule has 162 valence electrons. The Hall–Kier alpha value is -3.54. The van der Waals surface area contributed by atoms with Crippen LogP contribution in [0, 0.1) is 18.3 Å². The van der Waals surface area contributed by atoms with Gasteiger partial charge in [-0.1, -0.05) is 23.2 Å². The number of nitrogens with two attached hydrogens (primary N) is 1. The number of benzene rings is 2. The Morgan fingerprint density at radius 1 is 1.19 bits per heavy atom. The van der Waals surface area contributed by atoms with Crippen molar-refractivity contribution in [3.05, 3.63) is 68.8 Å². The van der Waals surface area contributed by atoms with Crippen LogP contribution < -0.4 is 11.1 Å². The van der Waals surface area contributed by atoms with Crippen LogP contribution in [0.3, 0.4) is 0 Å². The predicted octanol–water partition coefficient (Wildman–Crippen LogP) is 4.18. The van der Waals surface area contributed by atoms with Gasteiger partial charge in [0.1, 0.15) is 11.8 Å². The van der Waals surface area contributed by atoms with Crippen LogP contribution in [-0.2, 0) is 13.1 Å². The molecule has 0 aliphatic carbocycles. The quantitative estimate of drug-likeness (QED) is 0.598. The molecule has 0 atom stereocenters. The molecule has 0 radical (unpaired) electrons. The fourth-order valence-corrected chi connectivity index (χ4v) is 4.21. The second kappa shape index (κ2) is 8.54. The van der Waals surface area contributed by atoms with Crippen molar-refractivity contribution in [3.8, 4) is 17.3 Å². The minimum atomic E-state index is -0.567. The molecule has 0 saturated heterocycles. The number of hydrogen-bond acceptors (Lipinski definition) is 4. The van der Waals surface area contributed by atoms with E-state index < -0.39 is 11.9 Å². The summed E-state index contributed by atoms with van der Waals surface area (Å²) in [5.41, 5.74) is 9.15. The topological polar surface area (TPSA) is 117 Å². The number of aromatic nitrogens is 2. The Kier molecular flexibility index (Phi) is 5.78. The van der Waals surface area contributed by atoms with Crippen LogP contribution in [0.5, 0.6) is 0 Å². The van der Waals surface area contributed by atoms with Gasteiger partial charge in [0, 0.05) is 22.8 Å². The third-order valence-electron chi connectivity index (χ3n) is 5.18. The first kappa shape index (κ1) is 21.7. The van der Waals surface area contributed by atoms with Gasteiger partial charge in [-0.05, 0) is 48.9 Å². The van der Waals surface area contributed by atoms with Gasteiger partial charge in [0.2, 0.25) is 0 Å². The fraction of sp³-hybridized carbons (Fsp3) is 0.182. The van der Waals surface area contributed by atoms with Crippen molar-refractivity contribution in [2.75, 3.05) is 11.9 Å². The molecule has 2 aromatic carbocycles. The first-order chi connectivity index (χ1) is 15.3. The standard InChI is InChI=1S/C22H18Cl2N6O2/c1-12-6-14(8-15(23)7-12)20-19(18-11-29(22(26)32)4-5-30(18)28-20)21(31)27-16-3-2-13(10-25)17(24)9-16/h2-3,6-9H,4-5,11H2,1H3,(H2,26,32)(H,27,31). The van der Waals surface area contributed by atoms with Crippen molar-refractivity contribution in [2.24, 2.45) is 5.73 Å². The van der Waals surface area contributed by atoms with E-state index in [2.05, 4.69) is 10.4 Å². The zero-order valence-corrected chi connectivity index (χ0v) is 18.5. The molecule has 3 N–H and O–H groups in total. The molecule has 0 bridgehead atoms. The van der Waals surface area contributed by atoms with E-state index in [1.165, 1.54) is 17.0 Å². The highest BCUT2D eigenvalue weighted by molar-refractivity contribution is 6.32. The van der Waals surface area contributed by atoms with Crippen LogP contribution in [-0.4, -0.2) is 33.2 Å². The van der Waals surface area contributed by atoms with Gasteiger partial charge in [0.25, 0.3) is 5.91 Å². The van der Waals surface area contributed by atoms with Gasteiger partial charge in [-0.2, -0.15) is 10.4 Å². The lowest BCUT2D eigenvalue weighted by atomic mass is 10.0. The summed E-state index contributed by atoms with van der Waals surface area (Å²) in [6, 6.07) is 11.5. The van der Waals surface area contributed by atoms with Gasteiger partial charge in [-0.3, -0.25) is 9.48 Å². The first-order valence-corrected chi connectivity index (χ1v) is 10.4. The lowest BCUT2D eigenvalue weighted by Gasteiger charge is -2.26. The van der Waals surface area contributed by atoms with Crippen LogP contribution in [0.25, 0.3) is 11.3 Å². The summed E-state index contributed by atoms with van der Waals surface area (Å²) in [6.07, 6.45) is 0. The highest BCUT2D eigenvalue weighted by Crippen LogP contribution is 2.32. The average Bonchev–Trinajstić information content (AvgIpc) is 3.12. The number of anilines is 1. The van der Waals surface area contributed by atoms with E-state index in [4.69, 9.17) is 34.2 Å². The number of nitriles is 1. The number of urea groups is 1. The van der Waals surface area contributed by atoms with E-state index in [1.807, 2.05) is 25.1 Å². The highest BCUT2D eigenvalue weighted by Gasteiger charge is 2.30. The smallest absolute Gasteiger partial charge is 0.315 e. The maximum atomic E-state index is 13.4. The van der Waals surface area contributed by atoms with Gasteiger partial charge in [0.05, 0.1) is 34.9 Å². The van der Waals surface area contributed by atoms with Crippen LogP contribution >= 0.6 is 23.2 Å². The zero-order valence-electron chi connectivity index (χ0n) is 17.0. The number of aryl methyl sites for hydroxylation is 1. The minimum absolute atomic E-state index is 0.152. The molecule has 0 spiro atoms. The van der Waals surface area contributed by atoms with Crippen molar-refractivity contribution in [2.45, 2.75) is 20.0 Å². The zero-order chi connectivity index (χ0) is 23.0. The molecule has 1 aliphatic heterocycles. The molecule has 3 aromatic rings. The number of fused-ring (bicyclic) bond motifs is 1. The normalized spacial score (nSPS) is 12.8. The fourth-order valence-electron chi connectivity index (χ4n) is 3.70. The number of carbonyl (C=O) groups excluding carboxylic acids is 2. The summed E-state index contributed by atoms with van der Waals surface area (Å²) in [4.78, 5) is 26.6. The maximum Gasteiger partial charge on any atom is 0.315 e. The van der Waals surface area contributed by atoms with E-state index in [0.717, 1.165) is 5.56 Å². The largest absolute Gasteiger partial charge is 0.351 e. The lowest BCUT2D eigenvalue weighted by molar-refractivity contribution is 0.102. The van der Waals surface area contributed by atoms with Gasteiger partial charge >= 0.3 is 6.03 Å². The third kappa shape index (κ3) is 4.13. The molecule has 0 fully saturated rings. The summed E-state index contributed by atoms with van der Waals surface area (Å²) in [6.45, 7) is 2.85. The molecule has 3 amide bonds. The Bertz CT molecular complexity index is 1270. The van der Waals surface area contributed by atoms with Crippen LogP contribution in [0.4, 0.5) is 10.5 Å². The summed E-state index contributed by atoms with van der Waals surface area (Å²) >= 11 is 12.4. The highest BCUT2D eigenvalue weighted by atomic mass is 35.5. The number of primary amides is 1. The minimum Gasteiger partial charge on any atom is -0.351 e. The monoisotopic (exact) mass is 468 g/mol. The summed E-state index contributed by atoms with van der Waals surface area (Å²) < 4.78 is 1.71. The van der Waals surface area contributed by atoms with Crippen LogP contribution in [0.15, 0.2) is 36.4 Å².